The van der Waals surface area contributed by atoms with E-state index in [0.29, 0.717) is 12.6 Å². The van der Waals surface area contributed by atoms with Crippen molar-refractivity contribution in [1.82, 2.24) is 10.3 Å². The number of hydrogen-bond donors (Lipinski definition) is 2. The van der Waals surface area contributed by atoms with E-state index in [1.165, 1.54) is 6.42 Å². The van der Waals surface area contributed by atoms with Gasteiger partial charge in [-0.1, -0.05) is 20.3 Å². The van der Waals surface area contributed by atoms with Gasteiger partial charge in [0, 0.05) is 18.3 Å². The average molecular weight is 236 g/mol. The van der Waals surface area contributed by atoms with Gasteiger partial charge < -0.3 is 10.4 Å². The second-order valence-electron chi connectivity index (χ2n) is 4.95. The maximum absolute atomic E-state index is 9.67. The van der Waals surface area contributed by atoms with Crippen molar-refractivity contribution in [3.8, 4) is 5.75 Å². The van der Waals surface area contributed by atoms with Crippen LogP contribution in [0, 0.1) is 12.8 Å². The van der Waals surface area contributed by atoms with E-state index in [0.717, 1.165) is 23.7 Å². The first-order valence-corrected chi connectivity index (χ1v) is 6.41. The minimum absolute atomic E-state index is 0.277. The second-order valence-corrected chi connectivity index (χ2v) is 4.95. The normalized spacial score (nSPS) is 14.6. The molecule has 0 fully saturated rings. The van der Waals surface area contributed by atoms with E-state index >= 15 is 0 Å². The Morgan fingerprint density at radius 2 is 2.06 bits per heavy atom. The zero-order valence-corrected chi connectivity index (χ0v) is 11.3. The zero-order chi connectivity index (χ0) is 12.8. The number of nitrogens with zero attached hydrogens (tertiary/aromatic N) is 1. The van der Waals surface area contributed by atoms with Gasteiger partial charge in [0.25, 0.3) is 0 Å². The highest BCUT2D eigenvalue weighted by molar-refractivity contribution is 5.27. The van der Waals surface area contributed by atoms with Crippen molar-refractivity contribution < 1.29 is 5.11 Å². The molecule has 0 aliphatic heterocycles. The van der Waals surface area contributed by atoms with Crippen LogP contribution in [0.5, 0.6) is 5.75 Å². The molecule has 2 unspecified atom stereocenters. The Hall–Kier alpha value is -1.09. The van der Waals surface area contributed by atoms with Gasteiger partial charge in [-0.2, -0.15) is 0 Å². The molecule has 3 heteroatoms. The van der Waals surface area contributed by atoms with Crippen LogP contribution in [0.3, 0.4) is 0 Å². The molecule has 17 heavy (non-hydrogen) atoms. The second kappa shape index (κ2) is 6.60. The van der Waals surface area contributed by atoms with Crippen molar-refractivity contribution in [3.05, 3.63) is 23.5 Å². The van der Waals surface area contributed by atoms with Gasteiger partial charge in [-0.25, -0.2) is 0 Å². The van der Waals surface area contributed by atoms with Gasteiger partial charge in [-0.15, -0.1) is 0 Å². The minimum Gasteiger partial charge on any atom is -0.506 e. The lowest BCUT2D eigenvalue weighted by Crippen LogP contribution is -2.27. The maximum Gasteiger partial charge on any atom is 0.138 e. The van der Waals surface area contributed by atoms with Crippen LogP contribution in [-0.2, 0) is 6.54 Å². The zero-order valence-electron chi connectivity index (χ0n) is 11.3. The molecule has 2 N–H and O–H groups in total. The monoisotopic (exact) mass is 236 g/mol. The Kier molecular flexibility index (Phi) is 5.42. The molecule has 0 spiro atoms. The quantitative estimate of drug-likeness (QED) is 0.798. The minimum atomic E-state index is 0.277. The molecule has 0 aliphatic rings. The van der Waals surface area contributed by atoms with Gasteiger partial charge in [0.15, 0.2) is 0 Å². The molecule has 0 saturated heterocycles. The van der Waals surface area contributed by atoms with Gasteiger partial charge in [0.1, 0.15) is 5.75 Å². The number of aromatic nitrogens is 1. The van der Waals surface area contributed by atoms with Gasteiger partial charge in [0.2, 0.25) is 0 Å². The van der Waals surface area contributed by atoms with Gasteiger partial charge in [0.05, 0.1) is 5.69 Å². The van der Waals surface area contributed by atoms with Gasteiger partial charge >= 0.3 is 0 Å². The number of rotatable bonds is 6. The third kappa shape index (κ3) is 4.73. The summed E-state index contributed by atoms with van der Waals surface area (Å²) in [4.78, 5) is 4.33. The molecule has 0 saturated carbocycles. The molecule has 1 heterocycles. The third-order valence-electron chi connectivity index (χ3n) is 3.16. The summed E-state index contributed by atoms with van der Waals surface area (Å²) in [5.74, 6) is 1.01. The fraction of sp³-hybridized carbons (Fsp3) is 0.643. The van der Waals surface area contributed by atoms with E-state index in [4.69, 9.17) is 0 Å². The molecule has 0 amide bonds. The van der Waals surface area contributed by atoms with Crippen LogP contribution in [0.15, 0.2) is 12.1 Å². The smallest absolute Gasteiger partial charge is 0.138 e. The first-order valence-electron chi connectivity index (χ1n) is 6.41. The Balaban J connectivity index is 2.47. The van der Waals surface area contributed by atoms with Gasteiger partial charge in [-0.05, 0) is 38.3 Å². The summed E-state index contributed by atoms with van der Waals surface area (Å²) in [6.45, 7) is 9.22. The molecular formula is C14H24N2O. The summed E-state index contributed by atoms with van der Waals surface area (Å²) in [5, 5.41) is 13.1. The molecule has 2 atom stereocenters. The SMILES string of the molecule is CCC(C)CC(C)NCc1nc(C)ccc1O. The molecular weight excluding hydrogens is 212 g/mol. The van der Waals surface area contributed by atoms with Crippen LogP contribution in [0.1, 0.15) is 45.0 Å². The van der Waals surface area contributed by atoms with Crippen LogP contribution >= 0.6 is 0 Å². The molecule has 0 bridgehead atoms. The number of aryl methyl sites for hydroxylation is 1. The van der Waals surface area contributed by atoms with Crippen LogP contribution < -0.4 is 5.32 Å². The number of pyridine rings is 1. The van der Waals surface area contributed by atoms with E-state index in [2.05, 4.69) is 31.1 Å². The molecule has 1 aromatic rings. The van der Waals surface area contributed by atoms with Crippen molar-refractivity contribution in [2.75, 3.05) is 0 Å². The summed E-state index contributed by atoms with van der Waals surface area (Å²) in [6.07, 6.45) is 2.36. The number of nitrogens with one attached hydrogen (secondary N) is 1. The van der Waals surface area contributed by atoms with Gasteiger partial charge in [-0.3, -0.25) is 4.98 Å². The Morgan fingerprint density at radius 1 is 1.35 bits per heavy atom. The maximum atomic E-state index is 9.67. The first-order chi connectivity index (χ1) is 8.02. The van der Waals surface area contributed by atoms with Crippen molar-refractivity contribution >= 4 is 0 Å². The fourth-order valence-electron chi connectivity index (χ4n) is 1.86. The van der Waals surface area contributed by atoms with Crippen LogP contribution in [0.2, 0.25) is 0 Å². The highest BCUT2D eigenvalue weighted by Gasteiger charge is 2.08. The first kappa shape index (κ1) is 14.0. The largest absolute Gasteiger partial charge is 0.506 e. The predicted molar refractivity (Wildman–Crippen MR) is 71.0 cm³/mol. The Morgan fingerprint density at radius 3 is 2.71 bits per heavy atom. The Bertz CT molecular complexity index is 352. The summed E-state index contributed by atoms with van der Waals surface area (Å²) >= 11 is 0. The summed E-state index contributed by atoms with van der Waals surface area (Å²) in [5.41, 5.74) is 1.68. The Labute approximate surface area is 104 Å². The van der Waals surface area contributed by atoms with E-state index in [1.807, 2.05) is 13.0 Å². The highest BCUT2D eigenvalue weighted by Crippen LogP contribution is 2.15. The standard InChI is InChI=1S/C14H24N2O/c1-5-10(2)8-12(4)15-9-13-14(17)7-6-11(3)16-13/h6-7,10,12,15,17H,5,8-9H2,1-4H3. The molecule has 3 nitrogen and oxygen atoms in total. The van der Waals surface area contributed by atoms with E-state index < -0.39 is 0 Å². The van der Waals surface area contributed by atoms with E-state index in [-0.39, 0.29) is 5.75 Å². The average Bonchev–Trinajstić information content (AvgIpc) is 2.30. The van der Waals surface area contributed by atoms with Crippen LogP contribution in [-0.4, -0.2) is 16.1 Å². The number of hydrogen-bond acceptors (Lipinski definition) is 3. The summed E-state index contributed by atoms with van der Waals surface area (Å²) in [7, 11) is 0. The lowest BCUT2D eigenvalue weighted by atomic mass is 10.0. The van der Waals surface area contributed by atoms with E-state index in [9.17, 15) is 5.11 Å². The summed E-state index contributed by atoms with van der Waals surface area (Å²) < 4.78 is 0. The summed E-state index contributed by atoms with van der Waals surface area (Å²) in [6, 6.07) is 3.98. The van der Waals surface area contributed by atoms with Crippen molar-refractivity contribution in [2.24, 2.45) is 5.92 Å². The van der Waals surface area contributed by atoms with Crippen molar-refractivity contribution in [3.63, 3.8) is 0 Å². The third-order valence-corrected chi connectivity index (χ3v) is 3.16. The van der Waals surface area contributed by atoms with E-state index in [1.54, 1.807) is 6.07 Å². The van der Waals surface area contributed by atoms with Crippen molar-refractivity contribution in [2.45, 2.75) is 53.1 Å². The lowest BCUT2D eigenvalue weighted by Gasteiger charge is -2.17. The molecule has 0 aromatic carbocycles. The molecule has 96 valence electrons. The molecule has 0 radical (unpaired) electrons. The molecule has 0 aliphatic carbocycles. The lowest BCUT2D eigenvalue weighted by molar-refractivity contribution is 0.403. The molecule has 1 aromatic heterocycles. The predicted octanol–water partition coefficient (Wildman–Crippen LogP) is 3.01. The highest BCUT2D eigenvalue weighted by atomic mass is 16.3. The van der Waals surface area contributed by atoms with Crippen molar-refractivity contribution in [1.29, 1.82) is 0 Å². The number of aromatic hydroxyl groups is 1. The fourth-order valence-corrected chi connectivity index (χ4v) is 1.86. The van der Waals surface area contributed by atoms with Crippen LogP contribution in [0.25, 0.3) is 0 Å². The topological polar surface area (TPSA) is 45.2 Å². The van der Waals surface area contributed by atoms with Crippen LogP contribution in [0.4, 0.5) is 0 Å². The molecule has 1 rings (SSSR count).